The number of hydrogen-bond acceptors (Lipinski definition) is 3. The molecular weight excluding hydrogens is 228 g/mol. The van der Waals surface area contributed by atoms with Crippen LogP contribution < -0.4 is 10.6 Å². The van der Waals surface area contributed by atoms with Gasteiger partial charge in [0.15, 0.2) is 0 Å². The van der Waals surface area contributed by atoms with E-state index >= 15 is 0 Å². The van der Waals surface area contributed by atoms with Crippen LogP contribution in [0.1, 0.15) is 18.9 Å². The van der Waals surface area contributed by atoms with Crippen molar-refractivity contribution < 1.29 is 9.53 Å². The lowest BCUT2D eigenvalue weighted by Gasteiger charge is -2.22. The van der Waals surface area contributed by atoms with E-state index in [0.717, 1.165) is 25.1 Å². The quantitative estimate of drug-likeness (QED) is 0.850. The monoisotopic (exact) mass is 248 g/mol. The van der Waals surface area contributed by atoms with Gasteiger partial charge in [0.05, 0.1) is 6.61 Å². The average Bonchev–Trinajstić information content (AvgIpc) is 2.42. The van der Waals surface area contributed by atoms with Crippen molar-refractivity contribution in [3.8, 4) is 0 Å². The van der Waals surface area contributed by atoms with E-state index in [4.69, 9.17) is 4.74 Å². The first-order valence-electron chi connectivity index (χ1n) is 6.51. The zero-order valence-corrected chi connectivity index (χ0v) is 10.7. The molecule has 1 aromatic carbocycles. The van der Waals surface area contributed by atoms with E-state index < -0.39 is 0 Å². The number of anilines is 1. The first-order valence-corrected chi connectivity index (χ1v) is 6.51. The molecule has 1 aliphatic rings. The number of carbonyl (C=O) groups is 1. The van der Waals surface area contributed by atoms with Crippen LogP contribution >= 0.6 is 0 Å². The minimum absolute atomic E-state index is 0.0783. The van der Waals surface area contributed by atoms with Gasteiger partial charge in [0, 0.05) is 18.8 Å². The standard InChI is InChI=1S/C14H20N2O2/c1-2-3-11-4-6-12(7-5-11)16-14(17)13-10-15-8-9-18-13/h4-7,13,15H,2-3,8-10H2,1H3,(H,16,17). The molecule has 0 bridgehead atoms. The SMILES string of the molecule is CCCc1ccc(NC(=O)C2CNCCO2)cc1. The average molecular weight is 248 g/mol. The largest absolute Gasteiger partial charge is 0.366 e. The first kappa shape index (κ1) is 13.1. The molecule has 1 aliphatic heterocycles. The van der Waals surface area contributed by atoms with Gasteiger partial charge in [-0.3, -0.25) is 4.79 Å². The van der Waals surface area contributed by atoms with Crippen molar-refractivity contribution in [3.05, 3.63) is 29.8 Å². The van der Waals surface area contributed by atoms with E-state index in [0.29, 0.717) is 13.2 Å². The van der Waals surface area contributed by atoms with E-state index in [1.165, 1.54) is 5.56 Å². The number of carbonyl (C=O) groups excluding carboxylic acids is 1. The summed E-state index contributed by atoms with van der Waals surface area (Å²) in [6.45, 7) is 4.14. The predicted octanol–water partition coefficient (Wildman–Crippen LogP) is 1.57. The maximum Gasteiger partial charge on any atom is 0.254 e. The van der Waals surface area contributed by atoms with Gasteiger partial charge in [0.2, 0.25) is 0 Å². The molecule has 1 saturated heterocycles. The number of amides is 1. The summed E-state index contributed by atoms with van der Waals surface area (Å²) >= 11 is 0. The van der Waals surface area contributed by atoms with Crippen LogP contribution in [0.4, 0.5) is 5.69 Å². The summed E-state index contributed by atoms with van der Waals surface area (Å²) < 4.78 is 5.40. The summed E-state index contributed by atoms with van der Waals surface area (Å²) in [6, 6.07) is 8.00. The second kappa shape index (κ2) is 6.52. The number of aryl methyl sites for hydroxylation is 1. The summed E-state index contributed by atoms with van der Waals surface area (Å²) in [5.74, 6) is -0.0783. The third-order valence-corrected chi connectivity index (χ3v) is 2.98. The van der Waals surface area contributed by atoms with Crippen molar-refractivity contribution >= 4 is 11.6 Å². The Morgan fingerprint density at radius 2 is 2.22 bits per heavy atom. The minimum atomic E-state index is -0.380. The van der Waals surface area contributed by atoms with E-state index in [9.17, 15) is 4.79 Å². The Labute approximate surface area is 108 Å². The van der Waals surface area contributed by atoms with Gasteiger partial charge >= 0.3 is 0 Å². The normalized spacial score (nSPS) is 19.5. The fourth-order valence-corrected chi connectivity index (χ4v) is 2.00. The molecule has 2 rings (SSSR count). The second-order valence-corrected chi connectivity index (χ2v) is 4.50. The van der Waals surface area contributed by atoms with E-state index in [-0.39, 0.29) is 12.0 Å². The van der Waals surface area contributed by atoms with Gasteiger partial charge in [-0.25, -0.2) is 0 Å². The fraction of sp³-hybridized carbons (Fsp3) is 0.500. The second-order valence-electron chi connectivity index (χ2n) is 4.50. The number of morpholine rings is 1. The van der Waals surface area contributed by atoms with Gasteiger partial charge in [-0.05, 0) is 24.1 Å². The molecule has 0 radical (unpaired) electrons. The van der Waals surface area contributed by atoms with Crippen molar-refractivity contribution in [3.63, 3.8) is 0 Å². The Kier molecular flexibility index (Phi) is 4.73. The van der Waals surface area contributed by atoms with Gasteiger partial charge in [0.1, 0.15) is 6.10 Å². The third kappa shape index (κ3) is 3.55. The zero-order valence-electron chi connectivity index (χ0n) is 10.7. The van der Waals surface area contributed by atoms with Crippen LogP contribution in [0.15, 0.2) is 24.3 Å². The van der Waals surface area contributed by atoms with Gasteiger partial charge in [-0.2, -0.15) is 0 Å². The molecule has 0 saturated carbocycles. The van der Waals surface area contributed by atoms with E-state index in [2.05, 4.69) is 29.7 Å². The van der Waals surface area contributed by atoms with Crippen molar-refractivity contribution in [2.24, 2.45) is 0 Å². The van der Waals surface area contributed by atoms with Crippen LogP contribution in [0.2, 0.25) is 0 Å². The fourth-order valence-electron chi connectivity index (χ4n) is 2.00. The molecule has 1 aromatic rings. The molecule has 2 N–H and O–H groups in total. The Hall–Kier alpha value is -1.39. The Bertz CT molecular complexity index is 383. The molecular formula is C14H20N2O2. The number of hydrogen-bond donors (Lipinski definition) is 2. The Morgan fingerprint density at radius 3 is 2.83 bits per heavy atom. The van der Waals surface area contributed by atoms with E-state index in [1.807, 2.05) is 12.1 Å². The molecule has 4 heteroatoms. The third-order valence-electron chi connectivity index (χ3n) is 2.98. The molecule has 0 aromatic heterocycles. The molecule has 0 aliphatic carbocycles. The molecule has 1 heterocycles. The lowest BCUT2D eigenvalue weighted by atomic mass is 10.1. The molecule has 1 unspecified atom stereocenters. The molecule has 1 atom stereocenters. The number of benzene rings is 1. The molecule has 4 nitrogen and oxygen atoms in total. The number of ether oxygens (including phenoxy) is 1. The topological polar surface area (TPSA) is 50.4 Å². The maximum atomic E-state index is 11.9. The maximum absolute atomic E-state index is 11.9. The lowest BCUT2D eigenvalue weighted by molar-refractivity contribution is -0.128. The minimum Gasteiger partial charge on any atom is -0.366 e. The van der Waals surface area contributed by atoms with Crippen molar-refractivity contribution in [1.29, 1.82) is 0 Å². The van der Waals surface area contributed by atoms with Gasteiger partial charge < -0.3 is 15.4 Å². The summed E-state index contributed by atoms with van der Waals surface area (Å²) in [5, 5.41) is 6.02. The molecule has 18 heavy (non-hydrogen) atoms. The van der Waals surface area contributed by atoms with Crippen molar-refractivity contribution in [1.82, 2.24) is 5.32 Å². The highest BCUT2D eigenvalue weighted by molar-refractivity contribution is 5.94. The summed E-state index contributed by atoms with van der Waals surface area (Å²) in [6.07, 6.45) is 1.83. The van der Waals surface area contributed by atoms with Crippen molar-refractivity contribution in [2.75, 3.05) is 25.0 Å². The Morgan fingerprint density at radius 1 is 1.44 bits per heavy atom. The van der Waals surface area contributed by atoms with Gasteiger partial charge in [-0.1, -0.05) is 25.5 Å². The molecule has 1 amide bonds. The summed E-state index contributed by atoms with van der Waals surface area (Å²) in [4.78, 5) is 11.9. The van der Waals surface area contributed by atoms with Crippen LogP contribution in [0.3, 0.4) is 0 Å². The van der Waals surface area contributed by atoms with Gasteiger partial charge in [0.25, 0.3) is 5.91 Å². The van der Waals surface area contributed by atoms with Crippen LogP contribution in [0.25, 0.3) is 0 Å². The zero-order chi connectivity index (χ0) is 12.8. The van der Waals surface area contributed by atoms with E-state index in [1.54, 1.807) is 0 Å². The molecule has 98 valence electrons. The molecule has 1 fully saturated rings. The Balaban J connectivity index is 1.89. The highest BCUT2D eigenvalue weighted by atomic mass is 16.5. The predicted molar refractivity (Wildman–Crippen MR) is 71.7 cm³/mol. The highest BCUT2D eigenvalue weighted by Gasteiger charge is 2.21. The van der Waals surface area contributed by atoms with Gasteiger partial charge in [-0.15, -0.1) is 0 Å². The number of rotatable bonds is 4. The van der Waals surface area contributed by atoms with Crippen LogP contribution in [-0.2, 0) is 16.0 Å². The first-order chi connectivity index (χ1) is 8.79. The summed E-state index contributed by atoms with van der Waals surface area (Å²) in [7, 11) is 0. The van der Waals surface area contributed by atoms with Crippen LogP contribution in [0.5, 0.6) is 0 Å². The highest BCUT2D eigenvalue weighted by Crippen LogP contribution is 2.12. The van der Waals surface area contributed by atoms with Crippen molar-refractivity contribution in [2.45, 2.75) is 25.9 Å². The summed E-state index contributed by atoms with van der Waals surface area (Å²) in [5.41, 5.74) is 2.13. The van der Waals surface area contributed by atoms with Crippen LogP contribution in [-0.4, -0.2) is 31.7 Å². The van der Waals surface area contributed by atoms with Crippen LogP contribution in [0, 0.1) is 0 Å². The molecule has 0 spiro atoms. The number of nitrogens with one attached hydrogen (secondary N) is 2. The smallest absolute Gasteiger partial charge is 0.254 e. The lowest BCUT2D eigenvalue weighted by Crippen LogP contribution is -2.45.